The number of hydrogen-bond acceptors (Lipinski definition) is 4. The highest BCUT2D eigenvalue weighted by atomic mass is 16.7. The van der Waals surface area contributed by atoms with Gasteiger partial charge in [-0.2, -0.15) is 0 Å². The summed E-state index contributed by atoms with van der Waals surface area (Å²) in [5, 5.41) is 0. The molecule has 0 radical (unpaired) electrons. The SMILES string of the molecule is COc1cccc(C(C2COCOC2)N(C)C)c1. The van der Waals surface area contributed by atoms with E-state index in [0.29, 0.717) is 12.7 Å². The summed E-state index contributed by atoms with van der Waals surface area (Å²) in [5.74, 6) is 1.23. The second-order valence-electron chi connectivity index (χ2n) is 4.80. The summed E-state index contributed by atoms with van der Waals surface area (Å²) >= 11 is 0. The zero-order chi connectivity index (χ0) is 13.0. The van der Waals surface area contributed by atoms with Gasteiger partial charge in [0, 0.05) is 12.0 Å². The van der Waals surface area contributed by atoms with E-state index in [1.165, 1.54) is 5.56 Å². The molecule has 0 N–H and O–H groups in total. The predicted molar refractivity (Wildman–Crippen MR) is 69.7 cm³/mol. The molecule has 0 amide bonds. The average molecular weight is 251 g/mol. The first-order valence-electron chi connectivity index (χ1n) is 6.18. The summed E-state index contributed by atoms with van der Waals surface area (Å²) in [4.78, 5) is 2.21. The molecule has 0 saturated carbocycles. The van der Waals surface area contributed by atoms with Gasteiger partial charge in [0.15, 0.2) is 0 Å². The fourth-order valence-electron chi connectivity index (χ4n) is 2.51. The first-order valence-corrected chi connectivity index (χ1v) is 6.18. The molecule has 1 fully saturated rings. The van der Waals surface area contributed by atoms with Crippen LogP contribution < -0.4 is 4.74 Å². The van der Waals surface area contributed by atoms with Crippen LogP contribution in [0.25, 0.3) is 0 Å². The van der Waals surface area contributed by atoms with E-state index < -0.39 is 0 Å². The number of ether oxygens (including phenoxy) is 3. The fourth-order valence-corrected chi connectivity index (χ4v) is 2.51. The monoisotopic (exact) mass is 251 g/mol. The number of methoxy groups -OCH3 is 1. The Morgan fingerprint density at radius 1 is 1.28 bits per heavy atom. The molecule has 1 aliphatic heterocycles. The van der Waals surface area contributed by atoms with Crippen LogP contribution in [-0.2, 0) is 9.47 Å². The Morgan fingerprint density at radius 3 is 2.61 bits per heavy atom. The Kier molecular flexibility index (Phi) is 4.58. The van der Waals surface area contributed by atoms with Gasteiger partial charge in [-0.3, -0.25) is 0 Å². The molecule has 100 valence electrons. The van der Waals surface area contributed by atoms with E-state index in [0.717, 1.165) is 19.0 Å². The Morgan fingerprint density at radius 2 is 2.00 bits per heavy atom. The van der Waals surface area contributed by atoms with E-state index in [-0.39, 0.29) is 6.04 Å². The smallest absolute Gasteiger partial charge is 0.146 e. The van der Waals surface area contributed by atoms with Gasteiger partial charge in [-0.05, 0) is 31.8 Å². The summed E-state index contributed by atoms with van der Waals surface area (Å²) < 4.78 is 16.1. The van der Waals surface area contributed by atoms with E-state index in [1.54, 1.807) is 7.11 Å². The van der Waals surface area contributed by atoms with Gasteiger partial charge in [-0.15, -0.1) is 0 Å². The fraction of sp³-hybridized carbons (Fsp3) is 0.571. The molecule has 4 nitrogen and oxygen atoms in total. The lowest BCUT2D eigenvalue weighted by Crippen LogP contribution is -2.36. The highest BCUT2D eigenvalue weighted by Crippen LogP contribution is 2.30. The highest BCUT2D eigenvalue weighted by Gasteiger charge is 2.28. The second-order valence-corrected chi connectivity index (χ2v) is 4.80. The molecule has 0 aliphatic carbocycles. The Bertz CT molecular complexity index is 375. The summed E-state index contributed by atoms with van der Waals surface area (Å²) in [5.41, 5.74) is 1.23. The van der Waals surface area contributed by atoms with E-state index in [4.69, 9.17) is 14.2 Å². The lowest BCUT2D eigenvalue weighted by atomic mass is 9.92. The van der Waals surface area contributed by atoms with Gasteiger partial charge in [0.2, 0.25) is 0 Å². The zero-order valence-electron chi connectivity index (χ0n) is 11.3. The Balaban J connectivity index is 2.22. The van der Waals surface area contributed by atoms with Crippen molar-refractivity contribution in [3.05, 3.63) is 29.8 Å². The third kappa shape index (κ3) is 3.02. The molecule has 1 saturated heterocycles. The van der Waals surface area contributed by atoms with Crippen molar-refractivity contribution in [2.45, 2.75) is 6.04 Å². The molecule has 1 aromatic rings. The molecular weight excluding hydrogens is 230 g/mol. The molecular formula is C14H21NO3. The van der Waals surface area contributed by atoms with Crippen LogP contribution in [0.1, 0.15) is 11.6 Å². The van der Waals surface area contributed by atoms with Gasteiger partial charge in [0.05, 0.1) is 20.3 Å². The molecule has 1 heterocycles. The van der Waals surface area contributed by atoms with Crippen LogP contribution >= 0.6 is 0 Å². The zero-order valence-corrected chi connectivity index (χ0v) is 11.3. The van der Waals surface area contributed by atoms with Crippen LogP contribution in [0.5, 0.6) is 5.75 Å². The van der Waals surface area contributed by atoms with Gasteiger partial charge in [-0.1, -0.05) is 12.1 Å². The molecule has 1 unspecified atom stereocenters. The van der Waals surface area contributed by atoms with Gasteiger partial charge in [-0.25, -0.2) is 0 Å². The van der Waals surface area contributed by atoms with E-state index in [9.17, 15) is 0 Å². The van der Waals surface area contributed by atoms with Gasteiger partial charge >= 0.3 is 0 Å². The maximum Gasteiger partial charge on any atom is 0.146 e. The van der Waals surface area contributed by atoms with E-state index in [1.807, 2.05) is 12.1 Å². The normalized spacial score (nSPS) is 18.9. The average Bonchev–Trinajstić information content (AvgIpc) is 2.40. The molecule has 1 aromatic carbocycles. The minimum absolute atomic E-state index is 0.278. The highest BCUT2D eigenvalue weighted by molar-refractivity contribution is 5.31. The third-order valence-electron chi connectivity index (χ3n) is 3.27. The lowest BCUT2D eigenvalue weighted by molar-refractivity contribution is -0.139. The summed E-state index contributed by atoms with van der Waals surface area (Å²) in [7, 11) is 5.86. The van der Waals surface area contributed by atoms with Crippen LogP contribution in [0, 0.1) is 5.92 Å². The van der Waals surface area contributed by atoms with Gasteiger partial charge in [0.1, 0.15) is 12.5 Å². The Hall–Kier alpha value is -1.10. The molecule has 1 atom stereocenters. The number of benzene rings is 1. The van der Waals surface area contributed by atoms with Crippen molar-refractivity contribution < 1.29 is 14.2 Å². The minimum atomic E-state index is 0.278. The van der Waals surface area contributed by atoms with Gasteiger partial charge in [0.25, 0.3) is 0 Å². The van der Waals surface area contributed by atoms with Crippen molar-refractivity contribution in [1.82, 2.24) is 4.90 Å². The second kappa shape index (κ2) is 6.18. The van der Waals surface area contributed by atoms with Crippen LogP contribution in [0.15, 0.2) is 24.3 Å². The minimum Gasteiger partial charge on any atom is -0.497 e. The van der Waals surface area contributed by atoms with Crippen LogP contribution in [0.2, 0.25) is 0 Å². The predicted octanol–water partition coefficient (Wildman–Crippen LogP) is 1.92. The maximum absolute atomic E-state index is 5.41. The van der Waals surface area contributed by atoms with Crippen LogP contribution in [0.4, 0.5) is 0 Å². The van der Waals surface area contributed by atoms with E-state index in [2.05, 4.69) is 31.1 Å². The molecule has 1 aliphatic rings. The third-order valence-corrected chi connectivity index (χ3v) is 3.27. The number of rotatable bonds is 4. The Labute approximate surface area is 108 Å². The van der Waals surface area contributed by atoms with Crippen LogP contribution in [-0.4, -0.2) is 46.1 Å². The molecule has 18 heavy (non-hydrogen) atoms. The maximum atomic E-state index is 5.41. The van der Waals surface area contributed by atoms with Crippen molar-refractivity contribution in [1.29, 1.82) is 0 Å². The molecule has 2 rings (SSSR count). The standard InChI is InChI=1S/C14H21NO3/c1-15(2)14(12-8-17-10-18-9-12)11-5-4-6-13(7-11)16-3/h4-7,12,14H,8-10H2,1-3H3. The van der Waals surface area contributed by atoms with Crippen molar-refractivity contribution >= 4 is 0 Å². The van der Waals surface area contributed by atoms with Crippen molar-refractivity contribution in [3.8, 4) is 5.75 Å². The van der Waals surface area contributed by atoms with Crippen molar-refractivity contribution in [2.75, 3.05) is 41.2 Å². The summed E-state index contributed by atoms with van der Waals surface area (Å²) in [6, 6.07) is 8.47. The topological polar surface area (TPSA) is 30.9 Å². The molecule has 0 aromatic heterocycles. The first-order chi connectivity index (χ1) is 8.72. The largest absolute Gasteiger partial charge is 0.497 e. The first kappa shape index (κ1) is 13.3. The quantitative estimate of drug-likeness (QED) is 0.818. The lowest BCUT2D eigenvalue weighted by Gasteiger charge is -2.34. The molecule has 0 spiro atoms. The molecule has 0 bridgehead atoms. The summed E-state index contributed by atoms with van der Waals surface area (Å²) in [6.45, 7) is 1.88. The van der Waals surface area contributed by atoms with Gasteiger partial charge < -0.3 is 19.1 Å². The van der Waals surface area contributed by atoms with Crippen LogP contribution in [0.3, 0.4) is 0 Å². The number of hydrogen-bond donors (Lipinski definition) is 0. The van der Waals surface area contributed by atoms with Crippen molar-refractivity contribution in [3.63, 3.8) is 0 Å². The number of nitrogens with zero attached hydrogens (tertiary/aromatic N) is 1. The molecule has 4 heteroatoms. The summed E-state index contributed by atoms with van der Waals surface area (Å²) in [6.07, 6.45) is 0. The van der Waals surface area contributed by atoms with Crippen molar-refractivity contribution in [2.24, 2.45) is 5.92 Å². The van der Waals surface area contributed by atoms with E-state index >= 15 is 0 Å².